The van der Waals surface area contributed by atoms with Gasteiger partial charge in [-0.1, -0.05) is 19.8 Å². The van der Waals surface area contributed by atoms with E-state index in [2.05, 4.69) is 4.74 Å². The van der Waals surface area contributed by atoms with Crippen molar-refractivity contribution in [2.75, 3.05) is 7.11 Å². The van der Waals surface area contributed by atoms with Gasteiger partial charge in [0, 0.05) is 0 Å². The number of aliphatic hydroxyl groups is 1. The lowest BCUT2D eigenvalue weighted by Crippen LogP contribution is -2.24. The Kier molecular flexibility index (Phi) is 4.39. The van der Waals surface area contributed by atoms with Crippen LogP contribution in [0.4, 0.5) is 0 Å². The summed E-state index contributed by atoms with van der Waals surface area (Å²) >= 11 is 0. The first-order valence-electron chi connectivity index (χ1n) is 5.41. The highest BCUT2D eigenvalue weighted by atomic mass is 16.5. The smallest absolute Gasteiger partial charge is 0.308 e. The summed E-state index contributed by atoms with van der Waals surface area (Å²) in [6, 6.07) is 0. The number of hydrogen-bond acceptors (Lipinski definition) is 3. The van der Waals surface area contributed by atoms with Crippen molar-refractivity contribution in [1.82, 2.24) is 0 Å². The van der Waals surface area contributed by atoms with Gasteiger partial charge in [-0.2, -0.15) is 0 Å². The largest absolute Gasteiger partial charge is 0.469 e. The predicted molar refractivity (Wildman–Crippen MR) is 53.8 cm³/mol. The van der Waals surface area contributed by atoms with Crippen molar-refractivity contribution >= 4 is 5.97 Å². The number of rotatable bonds is 4. The maximum Gasteiger partial charge on any atom is 0.308 e. The van der Waals surface area contributed by atoms with E-state index < -0.39 is 0 Å². The molecule has 2 atom stereocenters. The molecular formula is C11H20O3. The molecule has 3 heteroatoms. The maximum atomic E-state index is 11.1. The molecule has 0 aromatic carbocycles. The van der Waals surface area contributed by atoms with Crippen LogP contribution in [-0.2, 0) is 9.53 Å². The van der Waals surface area contributed by atoms with Crippen molar-refractivity contribution in [2.45, 2.75) is 45.1 Å². The number of ether oxygens (including phenoxy) is 1. The zero-order valence-corrected chi connectivity index (χ0v) is 9.03. The van der Waals surface area contributed by atoms with E-state index in [0.717, 1.165) is 12.8 Å². The van der Waals surface area contributed by atoms with Crippen LogP contribution in [0.3, 0.4) is 0 Å². The highest BCUT2D eigenvalue weighted by Gasteiger charge is 2.26. The van der Waals surface area contributed by atoms with Crippen LogP contribution in [0.5, 0.6) is 0 Å². The van der Waals surface area contributed by atoms with Gasteiger partial charge >= 0.3 is 5.97 Å². The van der Waals surface area contributed by atoms with Gasteiger partial charge in [0.1, 0.15) is 0 Å². The lowest BCUT2D eigenvalue weighted by Gasteiger charge is -2.20. The molecule has 1 aliphatic rings. The van der Waals surface area contributed by atoms with E-state index in [1.54, 1.807) is 0 Å². The lowest BCUT2D eigenvalue weighted by molar-refractivity contribution is -0.146. The molecule has 0 aromatic heterocycles. The Morgan fingerprint density at radius 2 is 2.07 bits per heavy atom. The van der Waals surface area contributed by atoms with Crippen molar-refractivity contribution in [3.05, 3.63) is 0 Å². The molecule has 1 aliphatic carbocycles. The van der Waals surface area contributed by atoms with Gasteiger partial charge in [0.05, 0.1) is 19.1 Å². The van der Waals surface area contributed by atoms with Crippen molar-refractivity contribution < 1.29 is 14.6 Å². The first kappa shape index (κ1) is 11.5. The summed E-state index contributed by atoms with van der Waals surface area (Å²) in [6.45, 7) is 1.81. The second-order valence-corrected chi connectivity index (χ2v) is 4.27. The van der Waals surface area contributed by atoms with Gasteiger partial charge in [0.25, 0.3) is 0 Å². The topological polar surface area (TPSA) is 46.5 Å². The minimum Gasteiger partial charge on any atom is -0.469 e. The van der Waals surface area contributed by atoms with Gasteiger partial charge in [-0.25, -0.2) is 0 Å². The molecule has 0 saturated heterocycles. The van der Waals surface area contributed by atoms with Crippen LogP contribution < -0.4 is 0 Å². The summed E-state index contributed by atoms with van der Waals surface area (Å²) in [7, 11) is 1.39. The van der Waals surface area contributed by atoms with Crippen molar-refractivity contribution in [3.63, 3.8) is 0 Å². The van der Waals surface area contributed by atoms with Gasteiger partial charge < -0.3 is 9.84 Å². The van der Waals surface area contributed by atoms with Gasteiger partial charge in [0.15, 0.2) is 0 Å². The Hall–Kier alpha value is -0.570. The standard InChI is InChI=1S/C11H20O3/c1-8(11(13)14-2)7-10(12)9-5-3-4-6-9/h8-10,12H,3-7H2,1-2H3. The first-order chi connectivity index (χ1) is 6.65. The van der Waals surface area contributed by atoms with E-state index in [9.17, 15) is 9.90 Å². The number of methoxy groups -OCH3 is 1. The lowest BCUT2D eigenvalue weighted by atomic mass is 9.92. The van der Waals surface area contributed by atoms with Gasteiger partial charge in [-0.15, -0.1) is 0 Å². The molecular weight excluding hydrogens is 180 g/mol. The number of esters is 1. The molecule has 0 amide bonds. The molecule has 0 bridgehead atoms. The predicted octanol–water partition coefficient (Wildman–Crippen LogP) is 1.74. The average molecular weight is 200 g/mol. The summed E-state index contributed by atoms with van der Waals surface area (Å²) in [4.78, 5) is 11.1. The summed E-state index contributed by atoms with van der Waals surface area (Å²) < 4.78 is 4.63. The Bertz CT molecular complexity index is 185. The van der Waals surface area contributed by atoms with Crippen LogP contribution in [-0.4, -0.2) is 24.3 Å². The highest BCUT2D eigenvalue weighted by Crippen LogP contribution is 2.30. The molecule has 82 valence electrons. The van der Waals surface area contributed by atoms with E-state index in [1.807, 2.05) is 6.92 Å². The number of carbonyl (C=O) groups is 1. The normalized spacial score (nSPS) is 21.9. The van der Waals surface area contributed by atoms with E-state index in [1.165, 1.54) is 20.0 Å². The summed E-state index contributed by atoms with van der Waals surface area (Å²) in [6.07, 6.45) is 4.86. The van der Waals surface area contributed by atoms with E-state index in [4.69, 9.17) is 0 Å². The minimum atomic E-state index is -0.327. The summed E-state index contributed by atoms with van der Waals surface area (Å²) in [5.74, 6) is -0.000229. The molecule has 1 rings (SSSR count). The number of carbonyl (C=O) groups excluding carboxylic acids is 1. The van der Waals surface area contributed by atoms with Crippen molar-refractivity contribution in [3.8, 4) is 0 Å². The third kappa shape index (κ3) is 2.98. The quantitative estimate of drug-likeness (QED) is 0.703. The van der Waals surface area contributed by atoms with Crippen LogP contribution >= 0.6 is 0 Å². The second kappa shape index (κ2) is 5.35. The number of aliphatic hydroxyl groups excluding tert-OH is 1. The van der Waals surface area contributed by atoms with E-state index >= 15 is 0 Å². The molecule has 0 aromatic rings. The van der Waals surface area contributed by atoms with E-state index in [0.29, 0.717) is 12.3 Å². The fourth-order valence-corrected chi connectivity index (χ4v) is 2.19. The number of hydrogen-bond donors (Lipinski definition) is 1. The molecule has 0 aliphatic heterocycles. The highest BCUT2D eigenvalue weighted by molar-refractivity contribution is 5.71. The van der Waals surface area contributed by atoms with Crippen LogP contribution in [0.15, 0.2) is 0 Å². The zero-order valence-electron chi connectivity index (χ0n) is 9.03. The fraction of sp³-hybridized carbons (Fsp3) is 0.909. The maximum absolute atomic E-state index is 11.1. The third-order valence-corrected chi connectivity index (χ3v) is 3.14. The molecule has 14 heavy (non-hydrogen) atoms. The molecule has 2 unspecified atom stereocenters. The Morgan fingerprint density at radius 1 is 1.50 bits per heavy atom. The molecule has 1 saturated carbocycles. The second-order valence-electron chi connectivity index (χ2n) is 4.27. The summed E-state index contributed by atoms with van der Waals surface area (Å²) in [5.41, 5.74) is 0. The minimum absolute atomic E-state index is 0.185. The van der Waals surface area contributed by atoms with Crippen LogP contribution in [0.1, 0.15) is 39.0 Å². The molecule has 3 nitrogen and oxygen atoms in total. The van der Waals surface area contributed by atoms with Gasteiger partial charge in [0.2, 0.25) is 0 Å². The van der Waals surface area contributed by atoms with Gasteiger partial charge in [-0.05, 0) is 25.2 Å². The third-order valence-electron chi connectivity index (χ3n) is 3.14. The van der Waals surface area contributed by atoms with Crippen LogP contribution in [0, 0.1) is 11.8 Å². The van der Waals surface area contributed by atoms with Gasteiger partial charge in [-0.3, -0.25) is 4.79 Å². The Labute approximate surface area is 85.5 Å². The SMILES string of the molecule is COC(=O)C(C)CC(O)C1CCCC1. The monoisotopic (exact) mass is 200 g/mol. The fourth-order valence-electron chi connectivity index (χ4n) is 2.19. The molecule has 0 heterocycles. The van der Waals surface area contributed by atoms with Crippen LogP contribution in [0.25, 0.3) is 0 Å². The van der Waals surface area contributed by atoms with Crippen molar-refractivity contribution in [2.24, 2.45) is 11.8 Å². The Morgan fingerprint density at radius 3 is 2.57 bits per heavy atom. The first-order valence-corrected chi connectivity index (χ1v) is 5.41. The molecule has 0 radical (unpaired) electrons. The summed E-state index contributed by atoms with van der Waals surface area (Å²) in [5, 5.41) is 9.86. The Balaban J connectivity index is 2.31. The van der Waals surface area contributed by atoms with Crippen LogP contribution in [0.2, 0.25) is 0 Å². The van der Waals surface area contributed by atoms with Crippen molar-refractivity contribution in [1.29, 1.82) is 0 Å². The van der Waals surface area contributed by atoms with E-state index in [-0.39, 0.29) is 18.0 Å². The average Bonchev–Trinajstić information content (AvgIpc) is 2.69. The molecule has 1 N–H and O–H groups in total. The molecule has 1 fully saturated rings. The zero-order chi connectivity index (χ0) is 10.6. The molecule has 0 spiro atoms.